The molecule has 1 atom stereocenters. The Hall–Kier alpha value is -1.33. The lowest BCUT2D eigenvalue weighted by Crippen LogP contribution is -2.06. The van der Waals surface area contributed by atoms with Crippen molar-refractivity contribution < 1.29 is 17.4 Å². The van der Waals surface area contributed by atoms with Gasteiger partial charge in [0.2, 0.25) is 0 Å². The summed E-state index contributed by atoms with van der Waals surface area (Å²) in [5, 5.41) is 0.528. The van der Waals surface area contributed by atoms with E-state index in [1.807, 2.05) is 0 Å². The minimum atomic E-state index is -4.45. The first-order valence-corrected chi connectivity index (χ1v) is 7.53. The molecule has 0 aliphatic heterocycles. The van der Waals surface area contributed by atoms with Crippen LogP contribution in [0.1, 0.15) is 5.56 Å². The standard InChI is InChI=1S/C14H10ClF3OS/c1-20(19)13-8-10(14(16,17)18)4-7-12(13)9-2-5-11(15)6-3-9/h2-8H,1H3. The fourth-order valence-corrected chi connectivity index (χ4v) is 2.72. The Bertz CT molecular complexity index is 650. The van der Waals surface area contributed by atoms with Gasteiger partial charge in [-0.15, -0.1) is 0 Å². The average molecular weight is 319 g/mol. The number of hydrogen-bond acceptors (Lipinski definition) is 1. The van der Waals surface area contributed by atoms with Gasteiger partial charge in [0.1, 0.15) is 0 Å². The minimum absolute atomic E-state index is 0.155. The van der Waals surface area contributed by atoms with Crippen molar-refractivity contribution in [1.82, 2.24) is 0 Å². The Morgan fingerprint density at radius 1 is 1.05 bits per heavy atom. The lowest BCUT2D eigenvalue weighted by Gasteiger charge is -2.12. The van der Waals surface area contributed by atoms with Crippen LogP contribution in [0.15, 0.2) is 47.4 Å². The van der Waals surface area contributed by atoms with Crippen molar-refractivity contribution >= 4 is 22.4 Å². The monoisotopic (exact) mass is 318 g/mol. The van der Waals surface area contributed by atoms with E-state index in [2.05, 4.69) is 0 Å². The number of alkyl halides is 3. The van der Waals surface area contributed by atoms with Gasteiger partial charge in [-0.1, -0.05) is 29.8 Å². The van der Waals surface area contributed by atoms with Gasteiger partial charge in [-0.05, 0) is 35.4 Å². The van der Waals surface area contributed by atoms with Crippen LogP contribution in [-0.2, 0) is 17.0 Å². The predicted octanol–water partition coefficient (Wildman–Crippen LogP) is 4.76. The third-order valence-electron chi connectivity index (χ3n) is 2.77. The number of rotatable bonds is 2. The van der Waals surface area contributed by atoms with Gasteiger partial charge < -0.3 is 0 Å². The van der Waals surface area contributed by atoms with Crippen LogP contribution in [0.25, 0.3) is 11.1 Å². The molecule has 0 amide bonds. The third-order valence-corrected chi connectivity index (χ3v) is 3.98. The zero-order chi connectivity index (χ0) is 14.9. The van der Waals surface area contributed by atoms with Crippen LogP contribution in [0, 0.1) is 0 Å². The Balaban J connectivity index is 2.59. The zero-order valence-corrected chi connectivity index (χ0v) is 11.9. The van der Waals surface area contributed by atoms with Crippen molar-refractivity contribution in [3.05, 3.63) is 53.1 Å². The SMILES string of the molecule is CS(=O)c1cc(C(F)(F)F)ccc1-c1ccc(Cl)cc1. The van der Waals surface area contributed by atoms with Crippen LogP contribution in [-0.4, -0.2) is 10.5 Å². The highest BCUT2D eigenvalue weighted by atomic mass is 35.5. The molecule has 0 N–H and O–H groups in total. The second kappa shape index (κ2) is 5.58. The summed E-state index contributed by atoms with van der Waals surface area (Å²) in [5.74, 6) is 0. The van der Waals surface area contributed by atoms with Crippen LogP contribution < -0.4 is 0 Å². The first-order valence-electron chi connectivity index (χ1n) is 5.59. The Morgan fingerprint density at radius 2 is 1.65 bits per heavy atom. The molecule has 2 aromatic carbocycles. The summed E-state index contributed by atoms with van der Waals surface area (Å²) in [7, 11) is -1.52. The van der Waals surface area contributed by atoms with Crippen molar-refractivity contribution in [2.45, 2.75) is 11.1 Å². The number of halogens is 4. The van der Waals surface area contributed by atoms with Gasteiger partial charge >= 0.3 is 6.18 Å². The zero-order valence-electron chi connectivity index (χ0n) is 10.4. The molecule has 0 fully saturated rings. The van der Waals surface area contributed by atoms with Crippen molar-refractivity contribution in [2.24, 2.45) is 0 Å². The highest BCUT2D eigenvalue weighted by Gasteiger charge is 2.31. The maximum Gasteiger partial charge on any atom is 0.416 e. The van der Waals surface area contributed by atoms with Crippen LogP contribution in [0.5, 0.6) is 0 Å². The molecule has 2 rings (SSSR count). The first-order chi connectivity index (χ1) is 9.29. The molecule has 1 unspecified atom stereocenters. The maximum absolute atomic E-state index is 12.7. The second-order valence-electron chi connectivity index (χ2n) is 4.17. The van der Waals surface area contributed by atoms with Gasteiger partial charge in [-0.25, -0.2) is 0 Å². The second-order valence-corrected chi connectivity index (χ2v) is 5.95. The minimum Gasteiger partial charge on any atom is -0.255 e. The lowest BCUT2D eigenvalue weighted by molar-refractivity contribution is -0.137. The van der Waals surface area contributed by atoms with Crippen molar-refractivity contribution in [3.8, 4) is 11.1 Å². The molecule has 0 saturated heterocycles. The van der Waals surface area contributed by atoms with Gasteiger partial charge in [0.25, 0.3) is 0 Å². The van der Waals surface area contributed by atoms with E-state index in [0.29, 0.717) is 16.1 Å². The molecule has 0 heterocycles. The third kappa shape index (κ3) is 3.22. The van der Waals surface area contributed by atoms with E-state index in [1.54, 1.807) is 24.3 Å². The van der Waals surface area contributed by atoms with E-state index in [0.717, 1.165) is 12.1 Å². The number of hydrogen-bond donors (Lipinski definition) is 0. The molecular weight excluding hydrogens is 309 g/mol. The first kappa shape index (κ1) is 15.1. The maximum atomic E-state index is 12.7. The smallest absolute Gasteiger partial charge is 0.255 e. The van der Waals surface area contributed by atoms with E-state index < -0.39 is 22.5 Å². The fraction of sp³-hybridized carbons (Fsp3) is 0.143. The summed E-state index contributed by atoms with van der Waals surface area (Å²) in [6.45, 7) is 0. The van der Waals surface area contributed by atoms with Crippen LogP contribution in [0.4, 0.5) is 13.2 Å². The fourth-order valence-electron chi connectivity index (χ4n) is 1.80. The van der Waals surface area contributed by atoms with E-state index in [9.17, 15) is 17.4 Å². The van der Waals surface area contributed by atoms with Gasteiger partial charge in [0.05, 0.1) is 16.4 Å². The van der Waals surface area contributed by atoms with Crippen molar-refractivity contribution in [2.75, 3.05) is 6.26 Å². The highest BCUT2D eigenvalue weighted by Crippen LogP contribution is 2.34. The molecule has 6 heteroatoms. The Labute approximate surface area is 121 Å². The van der Waals surface area contributed by atoms with E-state index >= 15 is 0 Å². The Morgan fingerprint density at radius 3 is 2.15 bits per heavy atom. The van der Waals surface area contributed by atoms with E-state index in [4.69, 9.17) is 11.6 Å². The highest BCUT2D eigenvalue weighted by molar-refractivity contribution is 7.84. The molecule has 2 aromatic rings. The van der Waals surface area contributed by atoms with Gasteiger partial charge in [-0.3, -0.25) is 4.21 Å². The summed E-state index contributed by atoms with van der Waals surface area (Å²) in [4.78, 5) is 0.155. The summed E-state index contributed by atoms with van der Waals surface area (Å²) in [5.41, 5.74) is 0.379. The molecule has 20 heavy (non-hydrogen) atoms. The molecule has 0 bridgehead atoms. The molecule has 0 saturated carbocycles. The van der Waals surface area contributed by atoms with Crippen molar-refractivity contribution in [3.63, 3.8) is 0 Å². The Kier molecular flexibility index (Phi) is 4.20. The molecule has 0 radical (unpaired) electrons. The average Bonchev–Trinajstić information content (AvgIpc) is 2.38. The largest absolute Gasteiger partial charge is 0.416 e. The predicted molar refractivity (Wildman–Crippen MR) is 74.2 cm³/mol. The molecule has 106 valence electrons. The van der Waals surface area contributed by atoms with Gasteiger partial charge in [-0.2, -0.15) is 13.2 Å². The molecule has 0 aliphatic rings. The van der Waals surface area contributed by atoms with Gasteiger partial charge in [0, 0.05) is 16.2 Å². The summed E-state index contributed by atoms with van der Waals surface area (Å²) < 4.78 is 49.8. The summed E-state index contributed by atoms with van der Waals surface area (Å²) in [6, 6.07) is 9.89. The lowest BCUT2D eigenvalue weighted by atomic mass is 10.0. The van der Waals surface area contributed by atoms with E-state index in [1.165, 1.54) is 12.3 Å². The van der Waals surface area contributed by atoms with Gasteiger partial charge in [0.15, 0.2) is 0 Å². The molecule has 0 spiro atoms. The van der Waals surface area contributed by atoms with Crippen molar-refractivity contribution in [1.29, 1.82) is 0 Å². The molecule has 0 aromatic heterocycles. The molecule has 0 aliphatic carbocycles. The summed E-state index contributed by atoms with van der Waals surface area (Å²) >= 11 is 5.78. The number of benzene rings is 2. The van der Waals surface area contributed by atoms with Crippen LogP contribution in [0.3, 0.4) is 0 Å². The molecular formula is C14H10ClF3OS. The topological polar surface area (TPSA) is 17.1 Å². The normalized spacial score (nSPS) is 13.2. The van der Waals surface area contributed by atoms with E-state index in [-0.39, 0.29) is 4.90 Å². The molecule has 1 nitrogen and oxygen atoms in total. The van der Waals surface area contributed by atoms with Crippen LogP contribution in [0.2, 0.25) is 5.02 Å². The quantitative estimate of drug-likeness (QED) is 0.780. The van der Waals surface area contributed by atoms with Crippen LogP contribution >= 0.6 is 11.6 Å². The summed E-state index contributed by atoms with van der Waals surface area (Å²) in [6.07, 6.45) is -3.10.